The largest absolute Gasteiger partial charge is 0.480 e. The van der Waals surface area contributed by atoms with Crippen molar-refractivity contribution < 1.29 is 19.8 Å². The number of imidazole rings is 1. The van der Waals surface area contributed by atoms with Crippen molar-refractivity contribution in [1.29, 1.82) is 0 Å². The number of hydrogen-bond acceptors (Lipinski definition) is 4. The van der Waals surface area contributed by atoms with E-state index in [0.717, 1.165) is 5.82 Å². The van der Waals surface area contributed by atoms with E-state index in [9.17, 15) is 14.7 Å². The van der Waals surface area contributed by atoms with Gasteiger partial charge in [0.05, 0.1) is 6.10 Å². The molecular formula is C12H18N4O4. The molecule has 1 aliphatic rings. The third kappa shape index (κ3) is 3.47. The normalized spacial score (nSPS) is 21.9. The highest BCUT2D eigenvalue weighted by Gasteiger charge is 2.38. The van der Waals surface area contributed by atoms with Gasteiger partial charge in [0.25, 0.3) is 0 Å². The Labute approximate surface area is 115 Å². The van der Waals surface area contributed by atoms with Crippen LogP contribution in [0.1, 0.15) is 18.7 Å². The number of carbonyl (C=O) groups excluding carboxylic acids is 1. The van der Waals surface area contributed by atoms with E-state index in [-0.39, 0.29) is 13.0 Å². The van der Waals surface area contributed by atoms with E-state index in [1.807, 2.05) is 0 Å². The molecule has 20 heavy (non-hydrogen) atoms. The molecule has 1 aromatic rings. The topological polar surface area (TPSA) is 119 Å². The van der Waals surface area contributed by atoms with Crippen molar-refractivity contribution in [3.63, 3.8) is 0 Å². The molecule has 8 heteroatoms. The number of likely N-dealkylation sites (tertiary alicyclic amines) is 1. The lowest BCUT2D eigenvalue weighted by atomic mass is 10.2. The first-order chi connectivity index (χ1) is 9.58. The zero-order valence-corrected chi connectivity index (χ0v) is 11.0. The molecule has 1 saturated heterocycles. The number of hydrogen-bond donors (Lipinski definition) is 4. The molecule has 8 nitrogen and oxygen atoms in total. The number of aryl methyl sites for hydroxylation is 1. The van der Waals surface area contributed by atoms with E-state index in [0.29, 0.717) is 19.4 Å². The van der Waals surface area contributed by atoms with Gasteiger partial charge in [-0.2, -0.15) is 0 Å². The molecule has 4 N–H and O–H groups in total. The summed E-state index contributed by atoms with van der Waals surface area (Å²) in [7, 11) is 0. The SMILES string of the molecule is O=C(O)C1CC(O)CN1C(=O)NCCCc1ncc[nH]1. The molecule has 0 bridgehead atoms. The van der Waals surface area contributed by atoms with Crippen LogP contribution in [0.5, 0.6) is 0 Å². The van der Waals surface area contributed by atoms with Gasteiger partial charge in [-0.05, 0) is 6.42 Å². The van der Waals surface area contributed by atoms with Crippen LogP contribution < -0.4 is 5.32 Å². The molecule has 2 rings (SSSR count). The van der Waals surface area contributed by atoms with E-state index in [1.165, 1.54) is 4.90 Å². The number of aliphatic carboxylic acids is 1. The van der Waals surface area contributed by atoms with Crippen LogP contribution in [0.3, 0.4) is 0 Å². The number of carboxylic acids is 1. The van der Waals surface area contributed by atoms with Gasteiger partial charge in [-0.1, -0.05) is 0 Å². The van der Waals surface area contributed by atoms with Crippen LogP contribution in [0.25, 0.3) is 0 Å². The average molecular weight is 282 g/mol. The molecule has 110 valence electrons. The number of rotatable bonds is 5. The highest BCUT2D eigenvalue weighted by atomic mass is 16.4. The summed E-state index contributed by atoms with van der Waals surface area (Å²) in [4.78, 5) is 31.1. The average Bonchev–Trinajstić information content (AvgIpc) is 3.03. The third-order valence-electron chi connectivity index (χ3n) is 3.25. The lowest BCUT2D eigenvalue weighted by Gasteiger charge is -2.21. The quantitative estimate of drug-likeness (QED) is 0.547. The van der Waals surface area contributed by atoms with Crippen LogP contribution in [0.15, 0.2) is 12.4 Å². The van der Waals surface area contributed by atoms with Crippen molar-refractivity contribution in [2.45, 2.75) is 31.4 Å². The summed E-state index contributed by atoms with van der Waals surface area (Å²) in [5, 5.41) is 21.1. The van der Waals surface area contributed by atoms with Crippen molar-refractivity contribution >= 4 is 12.0 Å². The summed E-state index contributed by atoms with van der Waals surface area (Å²) < 4.78 is 0. The van der Waals surface area contributed by atoms with Crippen LogP contribution in [0, 0.1) is 0 Å². The minimum atomic E-state index is -1.09. The molecule has 2 amide bonds. The Balaban J connectivity index is 1.75. The molecule has 2 atom stereocenters. The Morgan fingerprint density at radius 3 is 3.00 bits per heavy atom. The summed E-state index contributed by atoms with van der Waals surface area (Å²) >= 11 is 0. The van der Waals surface area contributed by atoms with E-state index in [4.69, 9.17) is 5.11 Å². The zero-order chi connectivity index (χ0) is 14.5. The van der Waals surface area contributed by atoms with Gasteiger partial charge >= 0.3 is 12.0 Å². The molecule has 0 aliphatic carbocycles. The first-order valence-electron chi connectivity index (χ1n) is 6.51. The van der Waals surface area contributed by atoms with Crippen LogP contribution in [0.4, 0.5) is 4.79 Å². The van der Waals surface area contributed by atoms with Gasteiger partial charge in [-0.25, -0.2) is 14.6 Å². The molecule has 1 aromatic heterocycles. The Hall–Kier alpha value is -2.09. The predicted octanol–water partition coefficient (Wildman–Crippen LogP) is -0.428. The van der Waals surface area contributed by atoms with Crippen molar-refractivity contribution in [2.24, 2.45) is 0 Å². The van der Waals surface area contributed by atoms with Crippen LogP contribution in [-0.4, -0.2) is 62.3 Å². The number of aromatic nitrogens is 2. The molecule has 0 saturated carbocycles. The zero-order valence-electron chi connectivity index (χ0n) is 11.0. The van der Waals surface area contributed by atoms with Gasteiger partial charge < -0.3 is 25.4 Å². The molecule has 0 aromatic carbocycles. The number of urea groups is 1. The van der Waals surface area contributed by atoms with Crippen molar-refractivity contribution in [3.8, 4) is 0 Å². The van der Waals surface area contributed by atoms with Crippen molar-refractivity contribution in [1.82, 2.24) is 20.2 Å². The monoisotopic (exact) mass is 282 g/mol. The maximum absolute atomic E-state index is 11.9. The number of H-pyrrole nitrogens is 1. The van der Waals surface area contributed by atoms with E-state index in [1.54, 1.807) is 12.4 Å². The second-order valence-electron chi connectivity index (χ2n) is 4.77. The summed E-state index contributed by atoms with van der Waals surface area (Å²) in [5.41, 5.74) is 0. The van der Waals surface area contributed by atoms with Crippen LogP contribution >= 0.6 is 0 Å². The van der Waals surface area contributed by atoms with Crippen LogP contribution in [-0.2, 0) is 11.2 Å². The smallest absolute Gasteiger partial charge is 0.326 e. The predicted molar refractivity (Wildman–Crippen MR) is 69.1 cm³/mol. The van der Waals surface area contributed by atoms with E-state index in [2.05, 4.69) is 15.3 Å². The highest BCUT2D eigenvalue weighted by Crippen LogP contribution is 2.17. The van der Waals surface area contributed by atoms with Crippen molar-refractivity contribution in [2.75, 3.05) is 13.1 Å². The number of aromatic amines is 1. The van der Waals surface area contributed by atoms with Crippen LogP contribution in [0.2, 0.25) is 0 Å². The molecule has 0 spiro atoms. The van der Waals surface area contributed by atoms with E-state index < -0.39 is 24.1 Å². The number of nitrogens with one attached hydrogen (secondary N) is 2. The summed E-state index contributed by atoms with van der Waals surface area (Å²) in [5.74, 6) is -0.244. The van der Waals surface area contributed by atoms with Gasteiger partial charge in [-0.15, -0.1) is 0 Å². The first kappa shape index (κ1) is 14.3. The molecule has 1 fully saturated rings. The Bertz CT molecular complexity index is 462. The number of β-amino-alcohol motifs (C(OH)–C–C–N with tert-alkyl or cyclic N) is 1. The van der Waals surface area contributed by atoms with Gasteiger partial charge in [0.1, 0.15) is 11.9 Å². The lowest BCUT2D eigenvalue weighted by molar-refractivity contribution is -0.141. The minimum absolute atomic E-state index is 0.0565. The highest BCUT2D eigenvalue weighted by molar-refractivity contribution is 5.83. The number of carbonyl (C=O) groups is 2. The second-order valence-corrected chi connectivity index (χ2v) is 4.77. The number of aliphatic hydroxyl groups excluding tert-OH is 1. The van der Waals surface area contributed by atoms with Gasteiger partial charge in [0, 0.05) is 38.3 Å². The molecule has 2 heterocycles. The summed E-state index contributed by atoms with van der Waals surface area (Å²) in [6.45, 7) is 0.486. The summed E-state index contributed by atoms with van der Waals surface area (Å²) in [6.07, 6.45) is 4.11. The molecule has 0 radical (unpaired) electrons. The molecule has 2 unspecified atom stereocenters. The van der Waals surface area contributed by atoms with E-state index >= 15 is 0 Å². The third-order valence-corrected chi connectivity index (χ3v) is 3.25. The van der Waals surface area contributed by atoms with Gasteiger partial charge in [-0.3, -0.25) is 0 Å². The fourth-order valence-electron chi connectivity index (χ4n) is 2.26. The maximum atomic E-state index is 11.9. The van der Waals surface area contributed by atoms with Gasteiger partial charge in [0.2, 0.25) is 0 Å². The molecular weight excluding hydrogens is 264 g/mol. The van der Waals surface area contributed by atoms with Crippen molar-refractivity contribution in [3.05, 3.63) is 18.2 Å². The first-order valence-corrected chi connectivity index (χ1v) is 6.51. The van der Waals surface area contributed by atoms with Gasteiger partial charge in [0.15, 0.2) is 0 Å². The minimum Gasteiger partial charge on any atom is -0.480 e. The molecule has 1 aliphatic heterocycles. The standard InChI is InChI=1S/C12H18N4O4/c17-8-6-9(11(18)19)16(7-8)12(20)15-3-1-2-10-13-4-5-14-10/h4-5,8-9,17H,1-3,6-7H2,(H,13,14)(H,15,20)(H,18,19). The lowest BCUT2D eigenvalue weighted by Crippen LogP contribution is -2.46. The maximum Gasteiger partial charge on any atom is 0.326 e. The number of nitrogens with zero attached hydrogens (tertiary/aromatic N) is 2. The Kier molecular flexibility index (Phi) is 4.57. The number of carboxylic acid groups (broad SMARTS) is 1. The Morgan fingerprint density at radius 1 is 1.55 bits per heavy atom. The fourth-order valence-corrected chi connectivity index (χ4v) is 2.26. The summed E-state index contributed by atoms with van der Waals surface area (Å²) in [6, 6.07) is -1.40. The second kappa shape index (κ2) is 6.38. The number of amides is 2. The Morgan fingerprint density at radius 2 is 2.35 bits per heavy atom. The fraction of sp³-hybridized carbons (Fsp3) is 0.583. The number of aliphatic hydroxyl groups is 1.